The lowest BCUT2D eigenvalue weighted by Crippen LogP contribution is -2.30. The summed E-state index contributed by atoms with van der Waals surface area (Å²) in [4.78, 5) is 23.8. The van der Waals surface area contributed by atoms with Gasteiger partial charge >= 0.3 is 0 Å². The van der Waals surface area contributed by atoms with Gasteiger partial charge in [-0.3, -0.25) is 14.9 Å². The van der Waals surface area contributed by atoms with E-state index in [1.807, 2.05) is 0 Å². The number of imide groups is 1. The van der Waals surface area contributed by atoms with Gasteiger partial charge in [0.2, 0.25) is 5.91 Å². The number of carbonyl (C=O) groups excluding carboxylic acids is 2. The first-order chi connectivity index (χ1) is 16.1. The van der Waals surface area contributed by atoms with Crippen molar-refractivity contribution < 1.29 is 14.7 Å². The van der Waals surface area contributed by atoms with Crippen LogP contribution in [0, 0.1) is 0 Å². The molecule has 33 heavy (non-hydrogen) atoms. The van der Waals surface area contributed by atoms with E-state index in [-0.39, 0.29) is 11.7 Å². The second-order valence-electron chi connectivity index (χ2n) is 9.09. The Morgan fingerprint density at radius 3 is 1.67 bits per heavy atom. The minimum absolute atomic E-state index is 0.103. The fraction of sp³-hybridized carbons (Fsp3) is 0.714. The minimum Gasteiger partial charge on any atom is -0.508 e. The molecular weight excluding hydrogens is 430 g/mol. The summed E-state index contributed by atoms with van der Waals surface area (Å²) in [5.41, 5.74) is 0.382. The number of hydrogen-bond donors (Lipinski definition) is 2. The van der Waals surface area contributed by atoms with Crippen LogP contribution in [0.5, 0.6) is 5.75 Å². The maximum Gasteiger partial charge on any atom is 0.257 e. The summed E-state index contributed by atoms with van der Waals surface area (Å²) in [6, 6.07) is 5.90. The summed E-state index contributed by atoms with van der Waals surface area (Å²) in [7, 11) is 0. The van der Waals surface area contributed by atoms with Gasteiger partial charge in [-0.15, -0.1) is 0 Å². The molecule has 0 fully saturated rings. The number of rotatable bonds is 21. The van der Waals surface area contributed by atoms with Crippen LogP contribution in [-0.2, 0) is 4.79 Å². The third-order valence-corrected chi connectivity index (χ3v) is 7.12. The number of amides is 2. The van der Waals surface area contributed by atoms with E-state index in [0.29, 0.717) is 12.0 Å². The summed E-state index contributed by atoms with van der Waals surface area (Å²) in [6.07, 6.45) is 21.2. The molecule has 0 aromatic heterocycles. The van der Waals surface area contributed by atoms with Crippen LogP contribution < -0.4 is 5.32 Å². The van der Waals surface area contributed by atoms with Crippen LogP contribution in [0.25, 0.3) is 0 Å². The zero-order valence-corrected chi connectivity index (χ0v) is 21.7. The smallest absolute Gasteiger partial charge is 0.257 e. The van der Waals surface area contributed by atoms with E-state index in [1.165, 1.54) is 119 Å². The van der Waals surface area contributed by atoms with Crippen molar-refractivity contribution in [3.63, 3.8) is 0 Å². The number of aromatic hydroxyl groups is 1. The highest BCUT2D eigenvalue weighted by atomic mass is 32.2. The van der Waals surface area contributed by atoms with Crippen LogP contribution in [0.15, 0.2) is 24.3 Å². The molecule has 5 heteroatoms. The van der Waals surface area contributed by atoms with Crippen LogP contribution in [0.2, 0.25) is 0 Å². The highest BCUT2D eigenvalue weighted by molar-refractivity contribution is 7.99. The number of thioether (sulfide) groups is 1. The van der Waals surface area contributed by atoms with Crippen LogP contribution in [0.1, 0.15) is 126 Å². The molecule has 0 atom stereocenters. The van der Waals surface area contributed by atoms with Gasteiger partial charge in [-0.25, -0.2) is 0 Å². The Bertz CT molecular complexity index is 618. The molecule has 0 saturated heterocycles. The molecule has 1 rings (SSSR count). The van der Waals surface area contributed by atoms with Crippen molar-refractivity contribution in [1.82, 2.24) is 5.32 Å². The van der Waals surface area contributed by atoms with Crippen LogP contribution in [0.4, 0.5) is 0 Å². The van der Waals surface area contributed by atoms with Gasteiger partial charge in [-0.1, -0.05) is 90.4 Å². The minimum atomic E-state index is -0.407. The van der Waals surface area contributed by atoms with Crippen molar-refractivity contribution >= 4 is 23.6 Å². The van der Waals surface area contributed by atoms with E-state index in [0.717, 1.165) is 19.3 Å². The van der Waals surface area contributed by atoms with E-state index in [9.17, 15) is 14.7 Å². The molecule has 1 aromatic carbocycles. The maximum absolute atomic E-state index is 12.0. The number of benzene rings is 1. The third kappa shape index (κ3) is 17.6. The molecule has 0 radical (unpaired) electrons. The van der Waals surface area contributed by atoms with Gasteiger partial charge in [0.05, 0.1) is 0 Å². The predicted octanol–water partition coefficient (Wildman–Crippen LogP) is 8.03. The van der Waals surface area contributed by atoms with E-state index in [2.05, 4.69) is 24.0 Å². The van der Waals surface area contributed by atoms with Gasteiger partial charge in [0.15, 0.2) is 0 Å². The molecule has 0 aliphatic rings. The number of carbonyl (C=O) groups is 2. The largest absolute Gasteiger partial charge is 0.508 e. The normalized spacial score (nSPS) is 10.9. The Kier molecular flexibility index (Phi) is 18.9. The lowest BCUT2D eigenvalue weighted by atomic mass is 10.1. The number of nitrogens with one attached hydrogen (secondary N) is 1. The molecule has 188 valence electrons. The Morgan fingerprint density at radius 2 is 1.15 bits per heavy atom. The fourth-order valence-electron chi connectivity index (χ4n) is 3.86. The highest BCUT2D eigenvalue weighted by Crippen LogP contribution is 2.15. The highest BCUT2D eigenvalue weighted by Gasteiger charge is 2.09. The molecule has 4 nitrogen and oxygen atoms in total. The molecule has 1 aromatic rings. The van der Waals surface area contributed by atoms with E-state index in [4.69, 9.17) is 0 Å². The fourth-order valence-corrected chi connectivity index (χ4v) is 4.89. The first kappa shape index (κ1) is 29.5. The van der Waals surface area contributed by atoms with Crippen molar-refractivity contribution in [2.45, 2.75) is 116 Å². The second kappa shape index (κ2) is 21.1. The topological polar surface area (TPSA) is 66.4 Å². The van der Waals surface area contributed by atoms with Gasteiger partial charge < -0.3 is 5.11 Å². The molecule has 0 saturated carbocycles. The molecule has 0 spiro atoms. The number of unbranched alkanes of at least 4 members (excludes halogenated alkanes) is 14. The summed E-state index contributed by atoms with van der Waals surface area (Å²) < 4.78 is 0. The SMILES string of the molecule is CCCCCCCCCCSCCCCCCCCCCC(=O)NC(=O)c1ccc(O)cc1. The maximum atomic E-state index is 12.0. The quantitative estimate of drug-likeness (QED) is 0.176. The molecule has 2 N–H and O–H groups in total. The predicted molar refractivity (Wildman–Crippen MR) is 142 cm³/mol. The number of hydrogen-bond acceptors (Lipinski definition) is 4. The van der Waals surface area contributed by atoms with Crippen LogP contribution in [-0.4, -0.2) is 28.4 Å². The second-order valence-corrected chi connectivity index (χ2v) is 10.3. The molecule has 0 aliphatic carbocycles. The number of phenols is 1. The van der Waals surface area contributed by atoms with Crippen molar-refractivity contribution in [2.24, 2.45) is 0 Å². The molecule has 0 heterocycles. The zero-order chi connectivity index (χ0) is 24.0. The molecule has 0 unspecified atom stereocenters. The first-order valence-corrected chi connectivity index (χ1v) is 14.5. The molecule has 0 bridgehead atoms. The van der Waals surface area contributed by atoms with Crippen LogP contribution in [0.3, 0.4) is 0 Å². The zero-order valence-electron chi connectivity index (χ0n) is 20.9. The average molecular weight is 478 g/mol. The van der Waals surface area contributed by atoms with Gasteiger partial charge in [0, 0.05) is 12.0 Å². The Balaban J connectivity index is 1.80. The van der Waals surface area contributed by atoms with E-state index in [1.54, 1.807) is 0 Å². The van der Waals surface area contributed by atoms with Crippen molar-refractivity contribution in [1.29, 1.82) is 0 Å². The first-order valence-electron chi connectivity index (χ1n) is 13.3. The Morgan fingerprint density at radius 1 is 0.697 bits per heavy atom. The lowest BCUT2D eigenvalue weighted by Gasteiger charge is -2.05. The van der Waals surface area contributed by atoms with Crippen molar-refractivity contribution in [2.75, 3.05) is 11.5 Å². The van der Waals surface area contributed by atoms with Crippen LogP contribution >= 0.6 is 11.8 Å². The number of phenolic OH excluding ortho intramolecular Hbond substituents is 1. The lowest BCUT2D eigenvalue weighted by molar-refractivity contribution is -0.120. The Labute approximate surface area is 206 Å². The monoisotopic (exact) mass is 477 g/mol. The third-order valence-electron chi connectivity index (χ3n) is 5.97. The summed E-state index contributed by atoms with van der Waals surface area (Å²) in [5, 5.41) is 11.7. The van der Waals surface area contributed by atoms with Gasteiger partial charge in [0.1, 0.15) is 5.75 Å². The summed E-state index contributed by atoms with van der Waals surface area (Å²) in [6.45, 7) is 2.28. The van der Waals surface area contributed by atoms with Gasteiger partial charge in [0.25, 0.3) is 5.91 Å². The summed E-state index contributed by atoms with van der Waals surface area (Å²) in [5.74, 6) is 2.12. The van der Waals surface area contributed by atoms with E-state index >= 15 is 0 Å². The van der Waals surface area contributed by atoms with Gasteiger partial charge in [-0.05, 0) is 55.0 Å². The van der Waals surface area contributed by atoms with E-state index < -0.39 is 5.91 Å². The average Bonchev–Trinajstić information content (AvgIpc) is 2.81. The Hall–Kier alpha value is -1.49. The molecule has 0 aliphatic heterocycles. The van der Waals surface area contributed by atoms with Crippen molar-refractivity contribution in [3.8, 4) is 5.75 Å². The van der Waals surface area contributed by atoms with Crippen molar-refractivity contribution in [3.05, 3.63) is 29.8 Å². The molecule has 2 amide bonds. The molecular formula is C28H47NO3S. The standard InChI is InChI=1S/C28H47NO3S/c1-2-3-4-5-6-10-13-16-23-33-24-17-14-11-8-7-9-12-15-18-27(31)29-28(32)25-19-21-26(30)22-20-25/h19-22,30H,2-18,23-24H2,1H3,(H,29,31,32). The van der Waals surface area contributed by atoms with Gasteiger partial charge in [-0.2, -0.15) is 11.8 Å². The summed E-state index contributed by atoms with van der Waals surface area (Å²) >= 11 is 2.13.